The number of esters is 2. The summed E-state index contributed by atoms with van der Waals surface area (Å²) in [6.07, 6.45) is 2.18. The van der Waals surface area contributed by atoms with E-state index >= 15 is 0 Å². The maximum atomic E-state index is 12.4. The molecule has 1 saturated heterocycles. The number of nitrogens with zero attached hydrogens (tertiary/aromatic N) is 1. The number of benzene rings is 3. The van der Waals surface area contributed by atoms with Crippen LogP contribution in [0.3, 0.4) is 0 Å². The predicted octanol–water partition coefficient (Wildman–Crippen LogP) is 3.75. The zero-order valence-corrected chi connectivity index (χ0v) is 22.1. The summed E-state index contributed by atoms with van der Waals surface area (Å²) in [6.45, 7) is 1.59. The number of nitrogens with two attached hydrogens (primary N) is 1. The van der Waals surface area contributed by atoms with Crippen molar-refractivity contribution in [2.45, 2.75) is 19.4 Å². The smallest absolute Gasteiger partial charge is 0.344 e. The molecular weight excluding hydrogens is 512 g/mol. The molecule has 0 amide bonds. The number of hydrogen-bond acceptors (Lipinski definition) is 8. The molecule has 0 aliphatic carbocycles. The first kappa shape index (κ1) is 28.2. The maximum Gasteiger partial charge on any atom is 0.344 e. The fourth-order valence-electron chi connectivity index (χ4n) is 4.08. The van der Waals surface area contributed by atoms with Crippen molar-refractivity contribution in [1.82, 2.24) is 4.90 Å². The zero-order valence-electron chi connectivity index (χ0n) is 22.1. The molecule has 1 fully saturated rings. The van der Waals surface area contributed by atoms with Gasteiger partial charge in [0.05, 0.1) is 5.56 Å². The fourth-order valence-corrected chi connectivity index (χ4v) is 4.08. The Bertz CT molecular complexity index is 1340. The number of nitrogens with one attached hydrogen (secondary N) is 2. The second-order valence-corrected chi connectivity index (χ2v) is 9.15. The van der Waals surface area contributed by atoms with Gasteiger partial charge in [0, 0.05) is 30.3 Å². The first-order chi connectivity index (χ1) is 19.4. The molecule has 208 valence electrons. The normalized spacial score (nSPS) is 12.4. The van der Waals surface area contributed by atoms with E-state index in [1.165, 1.54) is 6.07 Å². The Kier molecular flexibility index (Phi) is 9.71. The van der Waals surface area contributed by atoms with Gasteiger partial charge < -0.3 is 29.6 Å². The van der Waals surface area contributed by atoms with E-state index in [9.17, 15) is 9.59 Å². The van der Waals surface area contributed by atoms with Crippen molar-refractivity contribution in [2.24, 2.45) is 5.73 Å². The van der Waals surface area contributed by atoms with Crippen LogP contribution in [0.1, 0.15) is 39.9 Å². The molecule has 0 unspecified atom stereocenters. The molecule has 0 saturated carbocycles. The first-order valence-electron chi connectivity index (χ1n) is 12.9. The number of carbonyl (C=O) groups is 2. The van der Waals surface area contributed by atoms with Crippen molar-refractivity contribution in [3.05, 3.63) is 95.1 Å². The van der Waals surface area contributed by atoms with E-state index in [4.69, 9.17) is 35.5 Å². The summed E-state index contributed by atoms with van der Waals surface area (Å²) in [5, 5.41) is 16.1. The molecule has 3 aromatic rings. The SMILES string of the molecule is N=C(N)c1cc(OCCOC(=O)c2ccc(C(=N)N3CCCC3)cc2)cc(OCC(=O)OCc2ccccc2)c1. The molecule has 10 heteroatoms. The Morgan fingerprint density at radius 2 is 1.43 bits per heavy atom. The van der Waals surface area contributed by atoms with Gasteiger partial charge in [0.15, 0.2) is 6.61 Å². The molecule has 10 nitrogen and oxygen atoms in total. The second-order valence-electron chi connectivity index (χ2n) is 9.15. The van der Waals surface area contributed by atoms with Crippen molar-refractivity contribution in [3.8, 4) is 11.5 Å². The minimum absolute atomic E-state index is 0.0174. The first-order valence-corrected chi connectivity index (χ1v) is 12.9. The number of carbonyl (C=O) groups excluding carboxylic acids is 2. The number of nitrogen functional groups attached to an aromatic ring is 1. The third kappa shape index (κ3) is 8.07. The Morgan fingerprint density at radius 3 is 2.10 bits per heavy atom. The Hall–Kier alpha value is -4.86. The third-order valence-corrected chi connectivity index (χ3v) is 6.19. The number of likely N-dealkylation sites (tertiary alicyclic amines) is 1. The summed E-state index contributed by atoms with van der Waals surface area (Å²) in [6, 6.07) is 20.7. The van der Waals surface area contributed by atoms with Crippen LogP contribution < -0.4 is 15.2 Å². The van der Waals surface area contributed by atoms with Crippen LogP contribution in [-0.4, -0.2) is 61.4 Å². The topological polar surface area (TPSA) is 148 Å². The predicted molar refractivity (Wildman–Crippen MR) is 149 cm³/mol. The van der Waals surface area contributed by atoms with Gasteiger partial charge in [0.25, 0.3) is 0 Å². The van der Waals surface area contributed by atoms with Crippen LogP contribution in [0.15, 0.2) is 72.8 Å². The summed E-state index contributed by atoms with van der Waals surface area (Å²) >= 11 is 0. The van der Waals surface area contributed by atoms with Gasteiger partial charge in [0.2, 0.25) is 0 Å². The van der Waals surface area contributed by atoms with Gasteiger partial charge in [-0.3, -0.25) is 10.8 Å². The molecule has 3 aromatic carbocycles. The average molecular weight is 545 g/mol. The van der Waals surface area contributed by atoms with Crippen LogP contribution in [0.4, 0.5) is 0 Å². The summed E-state index contributed by atoms with van der Waals surface area (Å²) in [4.78, 5) is 26.6. The molecule has 1 aliphatic rings. The molecule has 0 spiro atoms. The van der Waals surface area contributed by atoms with Crippen LogP contribution in [0.25, 0.3) is 0 Å². The van der Waals surface area contributed by atoms with Crippen LogP contribution in [-0.2, 0) is 20.9 Å². The Morgan fingerprint density at radius 1 is 0.775 bits per heavy atom. The van der Waals surface area contributed by atoms with E-state index in [1.54, 1.807) is 36.4 Å². The number of ether oxygens (including phenoxy) is 4. The lowest BCUT2D eigenvalue weighted by molar-refractivity contribution is -0.147. The molecule has 0 bridgehead atoms. The van der Waals surface area contributed by atoms with Crippen molar-refractivity contribution >= 4 is 23.6 Å². The van der Waals surface area contributed by atoms with Gasteiger partial charge in [-0.2, -0.15) is 0 Å². The van der Waals surface area contributed by atoms with Crippen molar-refractivity contribution in [3.63, 3.8) is 0 Å². The van der Waals surface area contributed by atoms with E-state index in [0.29, 0.717) is 22.7 Å². The van der Waals surface area contributed by atoms with Gasteiger partial charge >= 0.3 is 11.9 Å². The molecule has 1 aliphatic heterocycles. The van der Waals surface area contributed by atoms with E-state index in [-0.39, 0.29) is 38.0 Å². The summed E-state index contributed by atoms with van der Waals surface area (Å²) in [5.74, 6) is -0.177. The fraction of sp³-hybridized carbons (Fsp3) is 0.267. The Balaban J connectivity index is 1.24. The maximum absolute atomic E-state index is 12.4. The molecule has 0 atom stereocenters. The summed E-state index contributed by atoms with van der Waals surface area (Å²) in [7, 11) is 0. The van der Waals surface area contributed by atoms with Crippen molar-refractivity contribution in [2.75, 3.05) is 32.9 Å². The highest BCUT2D eigenvalue weighted by Crippen LogP contribution is 2.23. The van der Waals surface area contributed by atoms with E-state index in [1.807, 2.05) is 35.2 Å². The molecular formula is C30H32N4O6. The van der Waals surface area contributed by atoms with Crippen molar-refractivity contribution in [1.29, 1.82) is 10.8 Å². The number of rotatable bonds is 12. The van der Waals surface area contributed by atoms with Crippen molar-refractivity contribution < 1.29 is 28.5 Å². The minimum Gasteiger partial charge on any atom is -0.490 e. The third-order valence-electron chi connectivity index (χ3n) is 6.19. The Labute approximate surface area is 232 Å². The summed E-state index contributed by atoms with van der Waals surface area (Å²) < 4.78 is 21.7. The molecule has 4 rings (SSSR count). The van der Waals surface area contributed by atoms with Crippen LogP contribution in [0.5, 0.6) is 11.5 Å². The summed E-state index contributed by atoms with van der Waals surface area (Å²) in [5.41, 5.74) is 7.99. The molecule has 40 heavy (non-hydrogen) atoms. The second kappa shape index (κ2) is 13.8. The standard InChI is InChI=1S/C30H32N4O6/c31-28(32)24-16-25(18-26(17-24)39-20-27(35)40-19-21-6-2-1-3-7-21)37-14-15-38-30(36)23-10-8-22(9-11-23)29(33)34-12-4-5-13-34/h1-3,6-11,16-18,33H,4-5,12-15,19-20H2,(H3,31,32). The quantitative estimate of drug-likeness (QED) is 0.135. The van der Waals surface area contributed by atoms with Gasteiger partial charge in [-0.1, -0.05) is 42.5 Å². The highest BCUT2D eigenvalue weighted by Gasteiger charge is 2.17. The molecule has 4 N–H and O–H groups in total. The lowest BCUT2D eigenvalue weighted by Gasteiger charge is -2.18. The van der Waals surface area contributed by atoms with E-state index in [0.717, 1.165) is 37.1 Å². The van der Waals surface area contributed by atoms with E-state index in [2.05, 4.69) is 0 Å². The highest BCUT2D eigenvalue weighted by molar-refractivity contribution is 5.98. The van der Waals surface area contributed by atoms with Crippen LogP contribution in [0, 0.1) is 10.8 Å². The highest BCUT2D eigenvalue weighted by atomic mass is 16.6. The average Bonchev–Trinajstić information content (AvgIpc) is 3.52. The van der Waals surface area contributed by atoms with Gasteiger partial charge in [-0.15, -0.1) is 0 Å². The van der Waals surface area contributed by atoms with Gasteiger partial charge in [-0.05, 0) is 42.7 Å². The molecule has 1 heterocycles. The monoisotopic (exact) mass is 544 g/mol. The van der Waals surface area contributed by atoms with Gasteiger partial charge in [0.1, 0.15) is 43.0 Å². The lowest BCUT2D eigenvalue weighted by atomic mass is 10.1. The minimum atomic E-state index is -0.549. The van der Waals surface area contributed by atoms with Crippen LogP contribution >= 0.6 is 0 Å². The number of hydrogen-bond donors (Lipinski definition) is 3. The largest absolute Gasteiger partial charge is 0.490 e. The zero-order chi connectivity index (χ0) is 28.3. The molecule has 0 radical (unpaired) electrons. The lowest BCUT2D eigenvalue weighted by Crippen LogP contribution is -2.27. The van der Waals surface area contributed by atoms with Crippen LogP contribution in [0.2, 0.25) is 0 Å². The molecule has 0 aromatic heterocycles. The number of amidine groups is 2. The van der Waals surface area contributed by atoms with E-state index < -0.39 is 11.9 Å². The van der Waals surface area contributed by atoms with Gasteiger partial charge in [-0.25, -0.2) is 9.59 Å².